The van der Waals surface area contributed by atoms with Crippen LogP contribution < -0.4 is 5.32 Å². The maximum absolute atomic E-state index is 9.03. The average Bonchev–Trinajstić information content (AvgIpc) is 2.72. The van der Waals surface area contributed by atoms with E-state index < -0.39 is 0 Å². The summed E-state index contributed by atoms with van der Waals surface area (Å²) in [5.41, 5.74) is 0. The monoisotopic (exact) mass is 246 g/mol. The molecule has 5 nitrogen and oxygen atoms in total. The van der Waals surface area contributed by atoms with Crippen LogP contribution in [0.5, 0.6) is 0 Å². The molecule has 1 fully saturated rings. The van der Waals surface area contributed by atoms with E-state index >= 15 is 0 Å². The molecule has 0 aliphatic carbocycles. The van der Waals surface area contributed by atoms with Gasteiger partial charge in [0.1, 0.15) is 0 Å². The van der Waals surface area contributed by atoms with Crippen molar-refractivity contribution in [3.05, 3.63) is 0 Å². The first-order valence-electron chi connectivity index (χ1n) is 6.37. The van der Waals surface area contributed by atoms with Gasteiger partial charge in [-0.2, -0.15) is 0 Å². The van der Waals surface area contributed by atoms with E-state index in [1.807, 2.05) is 0 Å². The summed E-state index contributed by atoms with van der Waals surface area (Å²) in [6.45, 7) is 6.00. The van der Waals surface area contributed by atoms with Crippen molar-refractivity contribution in [2.75, 3.05) is 47.0 Å². The number of rotatable bonds is 8. The molecule has 2 N–H and O–H groups in total. The molecule has 17 heavy (non-hydrogen) atoms. The lowest BCUT2D eigenvalue weighted by Crippen LogP contribution is -2.41. The van der Waals surface area contributed by atoms with Gasteiger partial charge < -0.3 is 19.9 Å². The first kappa shape index (κ1) is 14.9. The van der Waals surface area contributed by atoms with Crippen LogP contribution in [0.15, 0.2) is 0 Å². The zero-order valence-electron chi connectivity index (χ0n) is 11.2. The Bertz CT molecular complexity index is 186. The second-order valence-electron chi connectivity index (χ2n) is 4.53. The summed E-state index contributed by atoms with van der Waals surface area (Å²) in [5, 5.41) is 12.4. The smallest absolute Gasteiger partial charge is 0.0971 e. The van der Waals surface area contributed by atoms with Gasteiger partial charge in [0.05, 0.1) is 12.2 Å². The van der Waals surface area contributed by atoms with Crippen molar-refractivity contribution in [1.82, 2.24) is 10.2 Å². The minimum atomic E-state index is 0.163. The maximum atomic E-state index is 9.03. The minimum Gasteiger partial charge on any atom is -0.396 e. The molecule has 0 bridgehead atoms. The first-order valence-corrected chi connectivity index (χ1v) is 6.37. The lowest BCUT2D eigenvalue weighted by Gasteiger charge is -2.23. The van der Waals surface area contributed by atoms with Crippen LogP contribution in [0, 0.1) is 0 Å². The normalized spacial score (nSPS) is 27.5. The van der Waals surface area contributed by atoms with Crippen molar-refractivity contribution in [2.24, 2.45) is 0 Å². The fraction of sp³-hybridized carbons (Fsp3) is 1.00. The van der Waals surface area contributed by atoms with Crippen molar-refractivity contribution in [2.45, 2.75) is 31.6 Å². The summed E-state index contributed by atoms with van der Waals surface area (Å²) in [5.74, 6) is 0. The molecular formula is C12H26N2O3. The molecule has 102 valence electrons. The van der Waals surface area contributed by atoms with Crippen LogP contribution in [-0.4, -0.2) is 75.3 Å². The summed E-state index contributed by atoms with van der Waals surface area (Å²) in [4.78, 5) is 2.34. The van der Waals surface area contributed by atoms with Crippen molar-refractivity contribution in [3.63, 3.8) is 0 Å². The Balaban J connectivity index is 2.40. The SMILES string of the molecule is CCNC(CCO)CN1CC(OC)C(OC)C1. The second-order valence-corrected chi connectivity index (χ2v) is 4.53. The third kappa shape index (κ3) is 4.52. The fourth-order valence-corrected chi connectivity index (χ4v) is 2.43. The van der Waals surface area contributed by atoms with Gasteiger partial charge in [-0.1, -0.05) is 6.92 Å². The van der Waals surface area contributed by atoms with Crippen molar-refractivity contribution in [1.29, 1.82) is 0 Å². The molecule has 3 atom stereocenters. The molecule has 0 saturated carbocycles. The lowest BCUT2D eigenvalue weighted by molar-refractivity contribution is -0.00461. The highest BCUT2D eigenvalue weighted by molar-refractivity contribution is 4.87. The van der Waals surface area contributed by atoms with Gasteiger partial charge in [0.25, 0.3) is 0 Å². The van der Waals surface area contributed by atoms with Crippen molar-refractivity contribution in [3.8, 4) is 0 Å². The number of ether oxygens (including phenoxy) is 2. The number of nitrogens with zero attached hydrogens (tertiary/aromatic N) is 1. The molecule has 3 unspecified atom stereocenters. The Labute approximate surface area is 104 Å². The summed E-state index contributed by atoms with van der Waals surface area (Å²) in [6.07, 6.45) is 1.12. The zero-order chi connectivity index (χ0) is 12.7. The quantitative estimate of drug-likeness (QED) is 0.615. The number of aliphatic hydroxyl groups excluding tert-OH is 1. The van der Waals surface area contributed by atoms with Gasteiger partial charge in [-0.25, -0.2) is 0 Å². The molecule has 0 radical (unpaired) electrons. The Morgan fingerprint density at radius 3 is 2.29 bits per heavy atom. The number of likely N-dealkylation sites (tertiary alicyclic amines) is 1. The van der Waals surface area contributed by atoms with E-state index in [4.69, 9.17) is 14.6 Å². The van der Waals surface area contributed by atoms with E-state index in [2.05, 4.69) is 17.1 Å². The number of likely N-dealkylation sites (N-methyl/N-ethyl adjacent to an activating group) is 1. The van der Waals surface area contributed by atoms with Gasteiger partial charge in [-0.15, -0.1) is 0 Å². The molecule has 0 spiro atoms. The van der Waals surface area contributed by atoms with E-state index in [-0.39, 0.29) is 18.8 Å². The predicted molar refractivity (Wildman–Crippen MR) is 67.2 cm³/mol. The van der Waals surface area contributed by atoms with Crippen molar-refractivity contribution >= 4 is 0 Å². The van der Waals surface area contributed by atoms with Crippen molar-refractivity contribution < 1.29 is 14.6 Å². The largest absolute Gasteiger partial charge is 0.396 e. The maximum Gasteiger partial charge on any atom is 0.0971 e. The third-order valence-electron chi connectivity index (χ3n) is 3.35. The van der Waals surface area contributed by atoms with Gasteiger partial charge in [0.2, 0.25) is 0 Å². The van der Waals surface area contributed by atoms with E-state index in [0.29, 0.717) is 6.04 Å². The molecule has 1 heterocycles. The molecule has 1 rings (SSSR count). The number of nitrogens with one attached hydrogen (secondary N) is 1. The highest BCUT2D eigenvalue weighted by atomic mass is 16.5. The topological polar surface area (TPSA) is 54.0 Å². The summed E-state index contributed by atoms with van der Waals surface area (Å²) in [7, 11) is 3.46. The number of methoxy groups -OCH3 is 2. The number of hydrogen-bond donors (Lipinski definition) is 2. The average molecular weight is 246 g/mol. The Kier molecular flexibility index (Phi) is 6.99. The molecule has 0 aromatic rings. The third-order valence-corrected chi connectivity index (χ3v) is 3.35. The van der Waals surface area contributed by atoms with E-state index in [1.165, 1.54) is 0 Å². The van der Waals surface area contributed by atoms with Gasteiger partial charge in [0.15, 0.2) is 0 Å². The molecular weight excluding hydrogens is 220 g/mol. The molecule has 1 saturated heterocycles. The van der Waals surface area contributed by atoms with Crippen LogP contribution in [0.1, 0.15) is 13.3 Å². The van der Waals surface area contributed by atoms with Crippen LogP contribution >= 0.6 is 0 Å². The van der Waals surface area contributed by atoms with Gasteiger partial charge in [-0.05, 0) is 13.0 Å². The molecule has 1 aliphatic heterocycles. The van der Waals surface area contributed by atoms with Gasteiger partial charge in [0, 0.05) is 46.5 Å². The first-order chi connectivity index (χ1) is 8.24. The van der Waals surface area contributed by atoms with Crippen LogP contribution in [0.2, 0.25) is 0 Å². The standard InChI is InChI=1S/C12H26N2O3/c1-4-13-10(5-6-15)7-14-8-11(16-2)12(9-14)17-3/h10-13,15H,4-9H2,1-3H3. The predicted octanol–water partition coefficient (Wildman–Crippen LogP) is -0.307. The second kappa shape index (κ2) is 8.00. The summed E-state index contributed by atoms with van der Waals surface area (Å²) >= 11 is 0. The fourth-order valence-electron chi connectivity index (χ4n) is 2.43. The van der Waals surface area contributed by atoms with Crippen LogP contribution in [-0.2, 0) is 9.47 Å². The Morgan fingerprint density at radius 2 is 1.88 bits per heavy atom. The molecule has 0 aromatic carbocycles. The number of hydrogen-bond acceptors (Lipinski definition) is 5. The Morgan fingerprint density at radius 1 is 1.29 bits per heavy atom. The minimum absolute atomic E-state index is 0.163. The molecule has 5 heteroatoms. The van der Waals surface area contributed by atoms with Crippen LogP contribution in [0.4, 0.5) is 0 Å². The van der Waals surface area contributed by atoms with Crippen LogP contribution in [0.3, 0.4) is 0 Å². The van der Waals surface area contributed by atoms with E-state index in [0.717, 1.165) is 32.6 Å². The molecule has 0 amide bonds. The molecule has 0 aromatic heterocycles. The van der Waals surface area contributed by atoms with Gasteiger partial charge in [-0.3, -0.25) is 4.90 Å². The van der Waals surface area contributed by atoms with Gasteiger partial charge >= 0.3 is 0 Å². The summed E-state index contributed by atoms with van der Waals surface area (Å²) < 4.78 is 10.8. The van der Waals surface area contributed by atoms with E-state index in [1.54, 1.807) is 14.2 Å². The zero-order valence-corrected chi connectivity index (χ0v) is 11.2. The van der Waals surface area contributed by atoms with Crippen LogP contribution in [0.25, 0.3) is 0 Å². The molecule has 1 aliphatic rings. The number of aliphatic hydroxyl groups is 1. The highest BCUT2D eigenvalue weighted by Gasteiger charge is 2.33. The summed E-state index contributed by atoms with van der Waals surface area (Å²) in [6, 6.07) is 0.345. The lowest BCUT2D eigenvalue weighted by atomic mass is 10.2. The highest BCUT2D eigenvalue weighted by Crippen LogP contribution is 2.16. The Hall–Kier alpha value is -0.200. The van der Waals surface area contributed by atoms with E-state index in [9.17, 15) is 0 Å².